The third kappa shape index (κ3) is 5.77. The Morgan fingerprint density at radius 2 is 2.00 bits per heavy atom. The third-order valence-corrected chi connectivity index (χ3v) is 3.77. The fraction of sp³-hybridized carbons (Fsp3) is 0.188. The van der Waals surface area contributed by atoms with Gasteiger partial charge in [0, 0.05) is 11.2 Å². The fourth-order valence-corrected chi connectivity index (χ4v) is 2.36. The molecule has 0 saturated carbocycles. The van der Waals surface area contributed by atoms with Crippen molar-refractivity contribution in [2.75, 3.05) is 11.9 Å². The van der Waals surface area contributed by atoms with Gasteiger partial charge in [0.05, 0.1) is 10.7 Å². The first-order valence-electron chi connectivity index (χ1n) is 7.05. The largest absolute Gasteiger partial charge is 0.480 e. The van der Waals surface area contributed by atoms with Crippen LogP contribution in [0.5, 0.6) is 5.75 Å². The molecular weight excluding hydrogens is 391 g/mol. The molecule has 9 heteroatoms. The van der Waals surface area contributed by atoms with Gasteiger partial charge in [0.1, 0.15) is 5.75 Å². The lowest BCUT2D eigenvalue weighted by atomic mass is 10.3. The summed E-state index contributed by atoms with van der Waals surface area (Å²) in [7, 11) is 0. The fourth-order valence-electron chi connectivity index (χ4n) is 1.73. The third-order valence-electron chi connectivity index (χ3n) is 2.93. The smallest absolute Gasteiger partial charge is 0.344 e. The molecule has 1 heterocycles. The summed E-state index contributed by atoms with van der Waals surface area (Å²) < 4.78 is 10.2. The van der Waals surface area contributed by atoms with Crippen LogP contribution in [0.25, 0.3) is 0 Å². The van der Waals surface area contributed by atoms with Crippen LogP contribution in [0.2, 0.25) is 15.2 Å². The van der Waals surface area contributed by atoms with Crippen LogP contribution in [0, 0.1) is 0 Å². The van der Waals surface area contributed by atoms with E-state index in [9.17, 15) is 9.59 Å². The Balaban J connectivity index is 1.85. The van der Waals surface area contributed by atoms with Crippen LogP contribution in [0.15, 0.2) is 36.5 Å². The molecule has 132 valence electrons. The van der Waals surface area contributed by atoms with Crippen molar-refractivity contribution in [3.05, 3.63) is 51.7 Å². The van der Waals surface area contributed by atoms with E-state index in [2.05, 4.69) is 10.3 Å². The molecule has 2 rings (SSSR count). The first-order chi connectivity index (χ1) is 11.9. The number of amides is 1. The minimum atomic E-state index is -1.05. The molecule has 25 heavy (non-hydrogen) atoms. The predicted octanol–water partition coefficient (Wildman–Crippen LogP) is 3.99. The Bertz CT molecular complexity index is 786. The average molecular weight is 404 g/mol. The first-order valence-corrected chi connectivity index (χ1v) is 8.19. The van der Waals surface area contributed by atoms with Crippen molar-refractivity contribution in [2.45, 2.75) is 13.0 Å². The molecule has 6 nitrogen and oxygen atoms in total. The second kappa shape index (κ2) is 8.89. The number of nitrogens with one attached hydrogen (secondary N) is 1. The number of nitrogens with zero attached hydrogens (tertiary/aromatic N) is 1. The maximum atomic E-state index is 12.0. The molecule has 0 aliphatic heterocycles. The van der Waals surface area contributed by atoms with E-state index >= 15 is 0 Å². The number of ether oxygens (including phenoxy) is 2. The normalized spacial score (nSPS) is 11.5. The number of anilines is 1. The summed E-state index contributed by atoms with van der Waals surface area (Å²) in [5, 5.41) is 3.36. The molecule has 0 spiro atoms. The average Bonchev–Trinajstić information content (AvgIpc) is 2.56. The highest BCUT2D eigenvalue weighted by Gasteiger charge is 2.19. The molecule has 0 bridgehead atoms. The van der Waals surface area contributed by atoms with Crippen LogP contribution in [0.4, 0.5) is 5.69 Å². The molecule has 1 amide bonds. The van der Waals surface area contributed by atoms with Gasteiger partial charge in [-0.05, 0) is 37.3 Å². The van der Waals surface area contributed by atoms with Crippen molar-refractivity contribution in [1.82, 2.24) is 4.98 Å². The zero-order valence-electron chi connectivity index (χ0n) is 13.0. The van der Waals surface area contributed by atoms with Crippen LogP contribution in [0.3, 0.4) is 0 Å². The van der Waals surface area contributed by atoms with E-state index in [0.29, 0.717) is 10.7 Å². The zero-order valence-corrected chi connectivity index (χ0v) is 15.2. The molecule has 0 radical (unpaired) electrons. The Hall–Kier alpha value is -2.02. The van der Waals surface area contributed by atoms with E-state index in [4.69, 9.17) is 44.3 Å². The number of aromatic nitrogens is 1. The zero-order chi connectivity index (χ0) is 18.4. The topological polar surface area (TPSA) is 77.5 Å². The van der Waals surface area contributed by atoms with Gasteiger partial charge < -0.3 is 14.8 Å². The summed E-state index contributed by atoms with van der Waals surface area (Å²) in [5.41, 5.74) is 0.321. The molecule has 1 N–H and O–H groups in total. The summed E-state index contributed by atoms with van der Waals surface area (Å²) in [4.78, 5) is 27.6. The molecule has 0 fully saturated rings. The highest BCUT2D eigenvalue weighted by molar-refractivity contribution is 6.35. The summed E-state index contributed by atoms with van der Waals surface area (Å²) in [6, 6.07) is 7.77. The number of esters is 1. The number of benzene rings is 1. The molecule has 1 unspecified atom stereocenters. The number of carbonyl (C=O) groups excluding carboxylic acids is 2. The van der Waals surface area contributed by atoms with Crippen molar-refractivity contribution in [1.29, 1.82) is 0 Å². The summed E-state index contributed by atoms with van der Waals surface area (Å²) >= 11 is 17.5. The van der Waals surface area contributed by atoms with Crippen molar-refractivity contribution in [3.63, 3.8) is 0 Å². The van der Waals surface area contributed by atoms with Gasteiger partial charge in [0.15, 0.2) is 17.9 Å². The molecule has 0 aliphatic rings. The van der Waals surface area contributed by atoms with Gasteiger partial charge in [-0.1, -0.05) is 34.8 Å². The Morgan fingerprint density at radius 1 is 1.24 bits per heavy atom. The van der Waals surface area contributed by atoms with Gasteiger partial charge in [-0.15, -0.1) is 0 Å². The number of halogens is 3. The van der Waals surface area contributed by atoms with Crippen LogP contribution >= 0.6 is 34.8 Å². The predicted molar refractivity (Wildman–Crippen MR) is 95.4 cm³/mol. The molecule has 0 aliphatic carbocycles. The molecule has 1 aromatic carbocycles. The van der Waals surface area contributed by atoms with Crippen LogP contribution < -0.4 is 10.1 Å². The highest BCUT2D eigenvalue weighted by Crippen LogP contribution is 2.27. The van der Waals surface area contributed by atoms with E-state index in [0.717, 1.165) is 0 Å². The highest BCUT2D eigenvalue weighted by atomic mass is 35.5. The number of pyridine rings is 1. The van der Waals surface area contributed by atoms with Gasteiger partial charge in [-0.25, -0.2) is 9.78 Å². The van der Waals surface area contributed by atoms with Crippen LogP contribution in [-0.4, -0.2) is 29.6 Å². The Kier molecular flexibility index (Phi) is 6.87. The van der Waals surface area contributed by atoms with E-state index in [1.165, 1.54) is 25.3 Å². The van der Waals surface area contributed by atoms with E-state index in [1.807, 2.05) is 0 Å². The summed E-state index contributed by atoms with van der Waals surface area (Å²) in [6.07, 6.45) is 0.439. The van der Waals surface area contributed by atoms with Gasteiger partial charge in [0.2, 0.25) is 0 Å². The van der Waals surface area contributed by atoms with Gasteiger partial charge in [-0.2, -0.15) is 0 Å². The minimum Gasteiger partial charge on any atom is -0.480 e. The van der Waals surface area contributed by atoms with E-state index < -0.39 is 24.6 Å². The van der Waals surface area contributed by atoms with E-state index in [1.54, 1.807) is 18.2 Å². The van der Waals surface area contributed by atoms with Crippen LogP contribution in [0.1, 0.15) is 6.92 Å². The monoisotopic (exact) mass is 402 g/mol. The van der Waals surface area contributed by atoms with Gasteiger partial charge in [-0.3, -0.25) is 4.79 Å². The Morgan fingerprint density at radius 3 is 2.68 bits per heavy atom. The molecule has 1 atom stereocenters. The standard InChI is InChI=1S/C16H13Cl3N2O4/c1-9(16(23)21-12-3-2-6-20-15(12)19)25-14(22)8-24-13-5-4-10(17)7-11(13)18/h2-7,9H,8H2,1H3,(H,21,23). The summed E-state index contributed by atoms with van der Waals surface area (Å²) in [6.45, 7) is 1.01. The second-order valence-electron chi connectivity index (χ2n) is 4.83. The minimum absolute atomic E-state index is 0.134. The molecular formula is C16H13Cl3N2O4. The summed E-state index contributed by atoms with van der Waals surface area (Å²) in [5.74, 6) is -0.999. The lowest BCUT2D eigenvalue weighted by molar-refractivity contribution is -0.155. The number of hydrogen-bond donors (Lipinski definition) is 1. The van der Waals surface area contributed by atoms with Crippen LogP contribution in [-0.2, 0) is 14.3 Å². The van der Waals surface area contributed by atoms with Crippen molar-refractivity contribution in [2.24, 2.45) is 0 Å². The lowest BCUT2D eigenvalue weighted by Gasteiger charge is -2.14. The lowest BCUT2D eigenvalue weighted by Crippen LogP contribution is -2.31. The maximum absolute atomic E-state index is 12.0. The maximum Gasteiger partial charge on any atom is 0.344 e. The van der Waals surface area contributed by atoms with Crippen molar-refractivity contribution in [3.8, 4) is 5.75 Å². The SMILES string of the molecule is CC(OC(=O)COc1ccc(Cl)cc1Cl)C(=O)Nc1cccnc1Cl. The van der Waals surface area contributed by atoms with Crippen molar-refractivity contribution >= 4 is 52.4 Å². The van der Waals surface area contributed by atoms with Crippen molar-refractivity contribution < 1.29 is 19.1 Å². The molecule has 2 aromatic rings. The van der Waals surface area contributed by atoms with Gasteiger partial charge in [0.25, 0.3) is 5.91 Å². The first kappa shape index (κ1) is 19.3. The number of hydrogen-bond acceptors (Lipinski definition) is 5. The van der Waals surface area contributed by atoms with E-state index in [-0.39, 0.29) is 15.9 Å². The quantitative estimate of drug-likeness (QED) is 0.583. The number of rotatable bonds is 6. The number of carbonyl (C=O) groups is 2. The van der Waals surface area contributed by atoms with Gasteiger partial charge >= 0.3 is 5.97 Å². The second-order valence-corrected chi connectivity index (χ2v) is 6.03. The Labute approximate surface area is 159 Å². The molecule has 0 saturated heterocycles. The molecule has 1 aromatic heterocycles.